The van der Waals surface area contributed by atoms with E-state index < -0.39 is 37.0 Å². The van der Waals surface area contributed by atoms with E-state index in [4.69, 9.17) is 9.47 Å². The third-order valence-electron chi connectivity index (χ3n) is 17.2. The zero-order chi connectivity index (χ0) is 52.9. The molecule has 2 aliphatic heterocycles. The van der Waals surface area contributed by atoms with Gasteiger partial charge in [0, 0.05) is 92.7 Å². The number of nitro benzene ring substituents is 1. The Morgan fingerprint density at radius 3 is 2.47 bits per heavy atom. The van der Waals surface area contributed by atoms with E-state index in [9.17, 15) is 28.4 Å². The molecule has 4 aromatic carbocycles. The summed E-state index contributed by atoms with van der Waals surface area (Å²) in [7, 11) is -2.80. The number of nitrogens with one attached hydrogen (secondary N) is 3. The molecule has 1 spiro atoms. The highest BCUT2D eigenvalue weighted by Crippen LogP contribution is 2.54. The quantitative estimate of drug-likeness (QED) is 0.0498. The minimum atomic E-state index is -4.59. The summed E-state index contributed by atoms with van der Waals surface area (Å²) in [4.78, 5) is 40.5. The van der Waals surface area contributed by atoms with Gasteiger partial charge in [0.15, 0.2) is 0 Å². The molecule has 400 valence electrons. The molecular formula is C59H70N8O8S. The number of aliphatic hydroxyl groups is 1. The van der Waals surface area contributed by atoms with Gasteiger partial charge in [0.25, 0.3) is 21.6 Å². The lowest BCUT2D eigenvalue weighted by molar-refractivity contribution is -0.384. The van der Waals surface area contributed by atoms with Crippen LogP contribution in [0.1, 0.15) is 129 Å². The molecule has 0 radical (unpaired) electrons. The number of pyridine rings is 1. The van der Waals surface area contributed by atoms with E-state index in [1.54, 1.807) is 37.7 Å². The molecule has 0 unspecified atom stereocenters. The number of methoxy groups -OCH3 is 1. The number of nitro groups is 1. The summed E-state index contributed by atoms with van der Waals surface area (Å²) >= 11 is 0. The number of ether oxygens (including phenoxy) is 2. The molecule has 4 N–H and O–H groups in total. The molecule has 3 aliphatic carbocycles. The van der Waals surface area contributed by atoms with Crippen molar-refractivity contribution in [3.63, 3.8) is 0 Å². The maximum absolute atomic E-state index is 14.1. The molecular weight excluding hydrogens is 981 g/mol. The second kappa shape index (κ2) is 20.8. The van der Waals surface area contributed by atoms with Gasteiger partial charge < -0.3 is 29.8 Å². The number of carbonyl (C=O) groups is 1. The van der Waals surface area contributed by atoms with E-state index in [1.807, 2.05) is 19.1 Å². The molecule has 16 nitrogen and oxygen atoms in total. The monoisotopic (exact) mass is 1050 g/mol. The number of aromatic nitrogens is 2. The Labute approximate surface area is 445 Å². The van der Waals surface area contributed by atoms with Crippen LogP contribution < -0.4 is 24.4 Å². The smallest absolute Gasteiger partial charge is 0.293 e. The average molecular weight is 1050 g/mol. The van der Waals surface area contributed by atoms with Gasteiger partial charge in [0.05, 0.1) is 34.3 Å². The molecule has 1 amide bonds. The summed E-state index contributed by atoms with van der Waals surface area (Å²) in [6.45, 7) is 12.3. The molecule has 76 heavy (non-hydrogen) atoms. The maximum atomic E-state index is 14.1. The van der Waals surface area contributed by atoms with Crippen LogP contribution in [0.15, 0.2) is 108 Å². The first-order valence-electron chi connectivity index (χ1n) is 27.1. The van der Waals surface area contributed by atoms with Crippen molar-refractivity contribution in [1.29, 1.82) is 0 Å². The van der Waals surface area contributed by atoms with Crippen LogP contribution in [-0.4, -0.2) is 102 Å². The molecule has 1 atom stereocenters. The number of hydrogen-bond acceptors (Lipinski definition) is 13. The van der Waals surface area contributed by atoms with Crippen molar-refractivity contribution in [3.8, 4) is 17.2 Å². The van der Waals surface area contributed by atoms with Crippen molar-refractivity contribution in [3.05, 3.63) is 141 Å². The zero-order valence-corrected chi connectivity index (χ0v) is 44.8. The number of aromatic amines is 1. The first-order chi connectivity index (χ1) is 36.5. The second-order valence-corrected chi connectivity index (χ2v) is 24.6. The highest BCUT2D eigenvalue weighted by Gasteiger charge is 2.55. The Morgan fingerprint density at radius 2 is 1.74 bits per heavy atom. The predicted octanol–water partition coefficient (Wildman–Crippen LogP) is 10.7. The fraction of sp³-hybridized carbons (Fsp3) is 0.458. The Hall–Kier alpha value is -6.53. The number of nitrogens with zero attached hydrogens (tertiary/aromatic N) is 5. The van der Waals surface area contributed by atoms with E-state index in [2.05, 4.69) is 91.0 Å². The van der Waals surface area contributed by atoms with Gasteiger partial charge in [-0.3, -0.25) is 24.7 Å². The van der Waals surface area contributed by atoms with Crippen molar-refractivity contribution < 1.29 is 32.7 Å². The fourth-order valence-electron chi connectivity index (χ4n) is 12.7. The van der Waals surface area contributed by atoms with Crippen molar-refractivity contribution in [1.82, 2.24) is 24.5 Å². The molecule has 17 heteroatoms. The number of sulfonamides is 1. The van der Waals surface area contributed by atoms with E-state index in [1.165, 1.54) is 53.6 Å². The van der Waals surface area contributed by atoms with E-state index in [0.29, 0.717) is 48.7 Å². The molecule has 11 rings (SSSR count). The lowest BCUT2D eigenvalue weighted by atomic mass is 9.59. The lowest BCUT2D eigenvalue weighted by Crippen LogP contribution is -2.68. The maximum Gasteiger partial charge on any atom is 0.293 e. The minimum Gasteiger partial charge on any atom is -0.496 e. The van der Waals surface area contributed by atoms with Crippen molar-refractivity contribution in [2.24, 2.45) is 11.3 Å². The first-order valence-corrected chi connectivity index (χ1v) is 28.6. The number of fused-ring (bicyclic) bond motifs is 1. The summed E-state index contributed by atoms with van der Waals surface area (Å²) in [5, 5.41) is 26.5. The van der Waals surface area contributed by atoms with Gasteiger partial charge in [-0.1, -0.05) is 56.7 Å². The van der Waals surface area contributed by atoms with E-state index >= 15 is 0 Å². The normalized spacial score (nSPS) is 22.2. The molecule has 6 aromatic rings. The topological polar surface area (TPSA) is 195 Å². The number of carbonyl (C=O) groups excluding carboxylic acids is 1. The number of H-pyrrole nitrogens is 1. The number of rotatable bonds is 17. The summed E-state index contributed by atoms with van der Waals surface area (Å²) < 4.78 is 42.2. The van der Waals surface area contributed by atoms with Gasteiger partial charge in [-0.2, -0.15) is 0 Å². The Morgan fingerprint density at radius 1 is 0.947 bits per heavy atom. The SMILES string of the molecule is COc1cc(CN2CCN(C3CC4(C3)CN(c3ccc(C(=O)NS(=O)(=O)c5ccc(NC[C@H]6CC[C@](C)(O)CC6)c([N+](=O)[O-])c5)c(Oc5cnc6[nH]ccc6c5)c3)C4)[C@H](c3ccccc3C(C)C)C2)ccc1C1CCC1. The molecule has 5 aliphatic rings. The number of anilines is 2. The van der Waals surface area contributed by atoms with Gasteiger partial charge in [0.2, 0.25) is 0 Å². The van der Waals surface area contributed by atoms with Gasteiger partial charge in [-0.05, 0) is 141 Å². The van der Waals surface area contributed by atoms with E-state index in [0.717, 1.165) is 87.8 Å². The Bertz CT molecular complexity index is 3240. The van der Waals surface area contributed by atoms with Crippen LogP contribution in [0.3, 0.4) is 0 Å². The molecule has 4 heterocycles. The van der Waals surface area contributed by atoms with Crippen LogP contribution in [-0.2, 0) is 16.6 Å². The number of benzene rings is 4. The third-order valence-corrected chi connectivity index (χ3v) is 18.6. The Kier molecular flexibility index (Phi) is 14.1. The average Bonchev–Trinajstić information content (AvgIpc) is 3.83. The number of hydrogen-bond donors (Lipinski definition) is 4. The summed E-state index contributed by atoms with van der Waals surface area (Å²) in [6.07, 6.45) is 12.0. The van der Waals surface area contributed by atoms with E-state index in [-0.39, 0.29) is 34.4 Å². The molecule has 0 bridgehead atoms. The van der Waals surface area contributed by atoms with Crippen LogP contribution in [0.5, 0.6) is 17.2 Å². The van der Waals surface area contributed by atoms with Gasteiger partial charge in [0.1, 0.15) is 28.6 Å². The Balaban J connectivity index is 0.784. The standard InChI is InChI=1S/C59H70N8O8S/c1-38(2)47-10-5-6-11-49(47)53-35-64(34-40-12-15-48(41-8-7-9-41)54(26-40)74-4)24-25-66(53)44-30-59(31-44)36-65(37-59)43-13-16-50(55(28-43)75-45-27-42-20-23-60-56(42)62-33-45)57(68)63-76(72,73)46-14-17-51(52(29-46)67(70)71)61-32-39-18-21-58(3,69)22-19-39/h5-6,10-17,20,23,26-29,33,38-39,41,44,53,61,69H,7-9,18-19,21-22,24-25,30-32,34-37H2,1-4H3,(H,60,62)(H,63,68)/t39-,53-,58-/m0/s1. The summed E-state index contributed by atoms with van der Waals surface area (Å²) in [6, 6.07) is 28.9. The van der Waals surface area contributed by atoms with Crippen LogP contribution >= 0.6 is 0 Å². The van der Waals surface area contributed by atoms with Crippen LogP contribution in [0.2, 0.25) is 0 Å². The van der Waals surface area contributed by atoms with Crippen LogP contribution in [0.25, 0.3) is 11.0 Å². The third kappa shape index (κ3) is 10.6. The zero-order valence-electron chi connectivity index (χ0n) is 44.0. The summed E-state index contributed by atoms with van der Waals surface area (Å²) in [5.74, 6) is 1.77. The molecule has 3 saturated carbocycles. The van der Waals surface area contributed by atoms with Crippen molar-refractivity contribution >= 4 is 44.0 Å². The first kappa shape index (κ1) is 51.6. The lowest BCUT2D eigenvalue weighted by Gasteiger charge is -2.63. The fourth-order valence-corrected chi connectivity index (χ4v) is 13.6. The summed E-state index contributed by atoms with van der Waals surface area (Å²) in [5.41, 5.74) is 6.09. The highest BCUT2D eigenvalue weighted by atomic mass is 32.2. The number of amides is 1. The van der Waals surface area contributed by atoms with Gasteiger partial charge >= 0.3 is 0 Å². The van der Waals surface area contributed by atoms with Gasteiger partial charge in [-0.25, -0.2) is 18.1 Å². The van der Waals surface area contributed by atoms with Crippen molar-refractivity contribution in [2.45, 2.75) is 120 Å². The van der Waals surface area contributed by atoms with Crippen molar-refractivity contribution in [2.75, 3.05) is 56.6 Å². The molecule has 2 saturated heterocycles. The highest BCUT2D eigenvalue weighted by molar-refractivity contribution is 7.90. The van der Waals surface area contributed by atoms with Gasteiger partial charge in [-0.15, -0.1) is 0 Å². The minimum absolute atomic E-state index is 0.0311. The number of piperazine rings is 1. The largest absolute Gasteiger partial charge is 0.496 e. The second-order valence-electron chi connectivity index (χ2n) is 23.0. The van der Waals surface area contributed by atoms with Crippen LogP contribution in [0.4, 0.5) is 17.1 Å². The van der Waals surface area contributed by atoms with Crippen LogP contribution in [0, 0.1) is 21.4 Å². The predicted molar refractivity (Wildman–Crippen MR) is 294 cm³/mol. The molecule has 5 fully saturated rings. The molecule has 2 aromatic heterocycles.